The van der Waals surface area contributed by atoms with Crippen LogP contribution in [-0.2, 0) is 11.4 Å². The van der Waals surface area contributed by atoms with E-state index in [1.165, 1.54) is 24.3 Å². The number of thioether (sulfide) groups is 1. The van der Waals surface area contributed by atoms with Crippen LogP contribution in [0.4, 0.5) is 10.5 Å². The van der Waals surface area contributed by atoms with Gasteiger partial charge in [-0.2, -0.15) is 0 Å². The van der Waals surface area contributed by atoms with Crippen LogP contribution in [0.15, 0.2) is 76.1 Å². The van der Waals surface area contributed by atoms with E-state index in [-0.39, 0.29) is 16.2 Å². The Balaban J connectivity index is 1.51. The number of carbonyl (C=O) groups is 3. The Kier molecular flexibility index (Phi) is 8.59. The van der Waals surface area contributed by atoms with Crippen LogP contribution in [0.5, 0.6) is 11.5 Å². The number of amides is 2. The number of imide groups is 1. The minimum absolute atomic E-state index is 0.152. The number of hydrogen-bond acceptors (Lipinski definition) is 8. The number of carbonyl (C=O) groups excluding carboxylic acids is 3. The summed E-state index contributed by atoms with van der Waals surface area (Å²) < 4.78 is 12.4. The van der Waals surface area contributed by atoms with Crippen molar-refractivity contribution in [1.29, 1.82) is 0 Å². The van der Waals surface area contributed by atoms with Crippen LogP contribution in [0.3, 0.4) is 0 Å². The molecular formula is C27H21BrN2O7S. The summed E-state index contributed by atoms with van der Waals surface area (Å²) in [5.74, 6) is -0.134. The number of Topliss-reactive ketones (excluding diaryl/α,β-unsaturated/α-hetero) is 1. The van der Waals surface area contributed by atoms with E-state index in [4.69, 9.17) is 9.47 Å². The predicted molar refractivity (Wildman–Crippen MR) is 146 cm³/mol. The fraction of sp³-hybridized carbons (Fsp3) is 0.148. The Morgan fingerprint density at radius 3 is 2.45 bits per heavy atom. The molecule has 194 valence electrons. The summed E-state index contributed by atoms with van der Waals surface area (Å²) >= 11 is 4.24. The molecule has 1 aliphatic heterocycles. The summed E-state index contributed by atoms with van der Waals surface area (Å²) in [5.41, 5.74) is 1.59. The maximum absolute atomic E-state index is 13.0. The molecule has 3 aromatic rings. The molecule has 4 rings (SSSR count). The molecule has 0 N–H and O–H groups in total. The van der Waals surface area contributed by atoms with E-state index < -0.39 is 28.4 Å². The summed E-state index contributed by atoms with van der Waals surface area (Å²) in [6.45, 7) is 2.09. The minimum Gasteiger partial charge on any atom is -0.490 e. The van der Waals surface area contributed by atoms with Gasteiger partial charge in [0.15, 0.2) is 17.3 Å². The number of rotatable bonds is 10. The van der Waals surface area contributed by atoms with Crippen molar-refractivity contribution in [2.75, 3.05) is 13.2 Å². The first-order valence-electron chi connectivity index (χ1n) is 11.4. The van der Waals surface area contributed by atoms with Crippen LogP contribution in [0.2, 0.25) is 0 Å². The number of halogens is 1. The van der Waals surface area contributed by atoms with Gasteiger partial charge in [-0.25, -0.2) is 0 Å². The molecule has 0 atom stereocenters. The van der Waals surface area contributed by atoms with Gasteiger partial charge in [-0.15, -0.1) is 0 Å². The molecule has 0 aliphatic carbocycles. The lowest BCUT2D eigenvalue weighted by atomic mass is 10.1. The van der Waals surface area contributed by atoms with E-state index in [9.17, 15) is 24.5 Å². The highest BCUT2D eigenvalue weighted by Crippen LogP contribution is 2.39. The second-order valence-electron chi connectivity index (χ2n) is 8.03. The second kappa shape index (κ2) is 12.1. The number of nitro benzene ring substituents is 1. The van der Waals surface area contributed by atoms with Gasteiger partial charge in [0.1, 0.15) is 6.61 Å². The number of nitrogens with zero attached hydrogens (tertiary/aromatic N) is 2. The van der Waals surface area contributed by atoms with Crippen LogP contribution in [-0.4, -0.2) is 39.9 Å². The summed E-state index contributed by atoms with van der Waals surface area (Å²) in [6.07, 6.45) is 1.55. The van der Waals surface area contributed by atoms with Gasteiger partial charge in [0.2, 0.25) is 0 Å². The highest BCUT2D eigenvalue weighted by molar-refractivity contribution is 9.10. The molecule has 0 spiro atoms. The van der Waals surface area contributed by atoms with Crippen molar-refractivity contribution >= 4 is 56.4 Å². The van der Waals surface area contributed by atoms with E-state index in [1.54, 1.807) is 18.2 Å². The van der Waals surface area contributed by atoms with Gasteiger partial charge < -0.3 is 9.47 Å². The number of hydrogen-bond donors (Lipinski definition) is 0. The third-order valence-electron chi connectivity index (χ3n) is 5.43. The second-order valence-corrected chi connectivity index (χ2v) is 9.88. The summed E-state index contributed by atoms with van der Waals surface area (Å²) in [5, 5.41) is 10.2. The summed E-state index contributed by atoms with van der Waals surface area (Å²) in [4.78, 5) is 49.4. The molecule has 0 unspecified atom stereocenters. The van der Waals surface area contributed by atoms with Gasteiger partial charge in [0.05, 0.1) is 27.5 Å². The molecule has 11 heteroatoms. The SMILES string of the molecule is CCOc1cc(/C=C2/SC(=O)N(CC(=O)c3ccc([N+](=O)[O-])cc3)C2=O)cc(Br)c1OCc1ccccc1. The monoisotopic (exact) mass is 596 g/mol. The van der Waals surface area contributed by atoms with Gasteiger partial charge in [0.25, 0.3) is 16.8 Å². The summed E-state index contributed by atoms with van der Waals surface area (Å²) in [7, 11) is 0. The lowest BCUT2D eigenvalue weighted by Gasteiger charge is -2.15. The largest absolute Gasteiger partial charge is 0.490 e. The molecule has 1 fully saturated rings. The number of benzene rings is 3. The Labute approximate surface area is 230 Å². The molecule has 0 radical (unpaired) electrons. The van der Waals surface area contributed by atoms with Crippen LogP contribution in [0.1, 0.15) is 28.4 Å². The minimum atomic E-state index is -0.603. The fourth-order valence-electron chi connectivity index (χ4n) is 3.60. The normalized spacial score (nSPS) is 14.2. The van der Waals surface area contributed by atoms with Crippen LogP contribution >= 0.6 is 27.7 Å². The third-order valence-corrected chi connectivity index (χ3v) is 6.93. The summed E-state index contributed by atoms with van der Waals surface area (Å²) in [6, 6.07) is 18.1. The molecule has 1 saturated heterocycles. The topological polar surface area (TPSA) is 116 Å². The molecule has 1 aliphatic rings. The van der Waals surface area contributed by atoms with Gasteiger partial charge in [-0.3, -0.25) is 29.4 Å². The van der Waals surface area contributed by atoms with E-state index in [0.29, 0.717) is 34.7 Å². The number of ether oxygens (including phenoxy) is 2. The quantitative estimate of drug-likeness (QED) is 0.117. The standard InChI is InChI=1S/C27H21BrN2O7S/c1-2-36-23-13-18(12-21(28)25(23)37-16-17-6-4-3-5-7-17)14-24-26(32)29(27(33)38-24)15-22(31)19-8-10-20(11-9-19)30(34)35/h3-14H,2,15-16H2,1H3/b24-14+. The zero-order chi connectivity index (χ0) is 27.2. The lowest BCUT2D eigenvalue weighted by molar-refractivity contribution is -0.384. The van der Waals surface area contributed by atoms with Crippen molar-refractivity contribution in [2.24, 2.45) is 0 Å². The van der Waals surface area contributed by atoms with Crippen LogP contribution in [0, 0.1) is 10.1 Å². The molecule has 9 nitrogen and oxygen atoms in total. The average Bonchev–Trinajstić information content (AvgIpc) is 3.16. The fourth-order valence-corrected chi connectivity index (χ4v) is 5.01. The van der Waals surface area contributed by atoms with Crippen molar-refractivity contribution in [3.05, 3.63) is 103 Å². The van der Waals surface area contributed by atoms with Gasteiger partial charge in [-0.05, 0) is 76.1 Å². The van der Waals surface area contributed by atoms with Crippen LogP contribution < -0.4 is 9.47 Å². The first-order valence-corrected chi connectivity index (χ1v) is 13.0. The smallest absolute Gasteiger partial charge is 0.293 e. The van der Waals surface area contributed by atoms with E-state index in [2.05, 4.69) is 15.9 Å². The zero-order valence-electron chi connectivity index (χ0n) is 20.1. The Bertz CT molecular complexity index is 1430. The van der Waals surface area contributed by atoms with E-state index in [0.717, 1.165) is 22.2 Å². The van der Waals surface area contributed by atoms with Gasteiger partial charge in [-0.1, -0.05) is 30.3 Å². The third kappa shape index (κ3) is 6.29. The van der Waals surface area contributed by atoms with Crippen LogP contribution in [0.25, 0.3) is 6.08 Å². The molecule has 2 amide bonds. The Morgan fingerprint density at radius 2 is 1.79 bits per heavy atom. The average molecular weight is 597 g/mol. The molecule has 0 bridgehead atoms. The number of ketones is 1. The first-order chi connectivity index (χ1) is 18.3. The van der Waals surface area contributed by atoms with E-state index >= 15 is 0 Å². The molecule has 38 heavy (non-hydrogen) atoms. The van der Waals surface area contributed by atoms with Crippen molar-refractivity contribution in [3.63, 3.8) is 0 Å². The maximum Gasteiger partial charge on any atom is 0.293 e. The molecule has 0 aromatic heterocycles. The van der Waals surface area contributed by atoms with Crippen molar-refractivity contribution in [3.8, 4) is 11.5 Å². The van der Waals surface area contributed by atoms with E-state index in [1.807, 2.05) is 37.3 Å². The zero-order valence-corrected chi connectivity index (χ0v) is 22.5. The predicted octanol–water partition coefficient (Wildman–Crippen LogP) is 6.25. The lowest BCUT2D eigenvalue weighted by Crippen LogP contribution is -2.33. The van der Waals surface area contributed by atoms with Gasteiger partial charge >= 0.3 is 0 Å². The van der Waals surface area contributed by atoms with Crippen molar-refractivity contribution in [1.82, 2.24) is 4.90 Å². The molecule has 0 saturated carbocycles. The maximum atomic E-state index is 13.0. The molecule has 1 heterocycles. The highest BCUT2D eigenvalue weighted by Gasteiger charge is 2.36. The number of nitro groups is 1. The Morgan fingerprint density at radius 1 is 1.08 bits per heavy atom. The van der Waals surface area contributed by atoms with Crippen molar-refractivity contribution in [2.45, 2.75) is 13.5 Å². The molecule has 3 aromatic carbocycles. The highest BCUT2D eigenvalue weighted by atomic mass is 79.9. The van der Waals surface area contributed by atoms with Crippen molar-refractivity contribution < 1.29 is 28.8 Å². The van der Waals surface area contributed by atoms with Gasteiger partial charge in [0, 0.05) is 17.7 Å². The Hall–Kier alpha value is -3.96. The first kappa shape index (κ1) is 27.1. The number of non-ortho nitro benzene ring substituents is 1. The molecular weight excluding hydrogens is 576 g/mol.